The van der Waals surface area contributed by atoms with Crippen LogP contribution in [0.1, 0.15) is 58.8 Å². The molecule has 5 aliphatic carbocycles. The van der Waals surface area contributed by atoms with Crippen molar-refractivity contribution in [3.63, 3.8) is 0 Å². The summed E-state index contributed by atoms with van der Waals surface area (Å²) in [5, 5.41) is 23.7. The second-order valence-corrected chi connectivity index (χ2v) is 13.4. The van der Waals surface area contributed by atoms with Gasteiger partial charge >= 0.3 is 0 Å². The van der Waals surface area contributed by atoms with Gasteiger partial charge in [0.05, 0.1) is 16.2 Å². The molecule has 5 aliphatic rings. The van der Waals surface area contributed by atoms with Crippen LogP contribution in [0.5, 0.6) is 5.75 Å². The van der Waals surface area contributed by atoms with Crippen molar-refractivity contribution in [2.24, 2.45) is 29.1 Å². The smallest absolute Gasteiger partial charge is 0.247 e. The zero-order valence-corrected chi connectivity index (χ0v) is 24.6. The van der Waals surface area contributed by atoms with Gasteiger partial charge in [-0.25, -0.2) is 0 Å². The molecule has 6 rings (SSSR count). The molecular weight excluding hydrogens is 595 g/mol. The van der Waals surface area contributed by atoms with Gasteiger partial charge in [0.25, 0.3) is 0 Å². The molecule has 2 amide bonds. The van der Waals surface area contributed by atoms with Crippen LogP contribution in [0.25, 0.3) is 0 Å². The molecule has 0 aromatic heterocycles. The van der Waals surface area contributed by atoms with Crippen molar-refractivity contribution in [3.8, 4) is 5.75 Å². The van der Waals surface area contributed by atoms with E-state index < -0.39 is 18.2 Å². The minimum Gasteiger partial charge on any atom is -0.482 e. The highest BCUT2D eigenvalue weighted by atomic mass is 127. The van der Waals surface area contributed by atoms with Crippen LogP contribution in [0.4, 0.5) is 0 Å². The van der Waals surface area contributed by atoms with E-state index in [0.717, 1.165) is 35.2 Å². The van der Waals surface area contributed by atoms with Crippen LogP contribution in [-0.2, 0) is 9.59 Å². The number of carbonyl (C=O) groups excluding carboxylic acids is 2. The Morgan fingerprint density at radius 2 is 1.95 bits per heavy atom. The third-order valence-electron chi connectivity index (χ3n) is 9.88. The largest absolute Gasteiger partial charge is 0.482 e. The van der Waals surface area contributed by atoms with Crippen molar-refractivity contribution in [2.45, 2.75) is 77.0 Å². The molecule has 6 atom stereocenters. The number of rotatable bonds is 9. The van der Waals surface area contributed by atoms with E-state index in [1.54, 1.807) is 6.08 Å². The van der Waals surface area contributed by atoms with Gasteiger partial charge < -0.3 is 25.2 Å². The molecule has 1 aromatic carbocycles. The molecule has 0 unspecified atom stereocenters. The lowest BCUT2D eigenvalue weighted by Crippen LogP contribution is -2.60. The number of fused-ring (bicyclic) bond motifs is 2. The number of nitrogens with zero attached hydrogens (tertiary/aromatic N) is 1. The summed E-state index contributed by atoms with van der Waals surface area (Å²) in [5.74, 6) is 2.22. The van der Waals surface area contributed by atoms with Crippen LogP contribution in [0.3, 0.4) is 0 Å². The molecule has 0 saturated heterocycles. The minimum absolute atomic E-state index is 0.0000449. The Balaban J connectivity index is 1.44. The van der Waals surface area contributed by atoms with E-state index in [4.69, 9.17) is 4.74 Å². The van der Waals surface area contributed by atoms with Gasteiger partial charge in [0.15, 0.2) is 0 Å². The molecule has 4 fully saturated rings. The summed E-state index contributed by atoms with van der Waals surface area (Å²) >= 11 is 2.20. The van der Waals surface area contributed by atoms with Crippen LogP contribution >= 0.6 is 22.6 Å². The summed E-state index contributed by atoms with van der Waals surface area (Å²) in [7, 11) is 0. The molecule has 0 radical (unpaired) electrons. The van der Waals surface area contributed by atoms with Crippen LogP contribution in [0.15, 0.2) is 35.9 Å². The van der Waals surface area contributed by atoms with E-state index in [2.05, 4.69) is 41.8 Å². The van der Waals surface area contributed by atoms with Gasteiger partial charge in [-0.1, -0.05) is 32.4 Å². The molecule has 0 aliphatic heterocycles. The molecule has 7 nitrogen and oxygen atoms in total. The first-order chi connectivity index (χ1) is 18.2. The first-order valence-electron chi connectivity index (χ1n) is 14.2. The normalized spacial score (nSPS) is 31.9. The Labute approximate surface area is 239 Å². The average Bonchev–Trinajstić information content (AvgIpc) is 2.87. The summed E-state index contributed by atoms with van der Waals surface area (Å²) in [6.07, 6.45) is 6.60. The molecule has 3 N–H and O–H groups in total. The van der Waals surface area contributed by atoms with Crippen molar-refractivity contribution in [2.75, 3.05) is 19.7 Å². The number of benzene rings is 1. The Hall–Kier alpha value is -1.65. The number of halogens is 1. The number of nitrogens with one attached hydrogen (secondary N) is 1. The maximum Gasteiger partial charge on any atom is 0.247 e. The summed E-state index contributed by atoms with van der Waals surface area (Å²) < 4.78 is 7.20. The number of hydrogen-bond donors (Lipinski definition) is 3. The van der Waals surface area contributed by atoms with E-state index in [-0.39, 0.29) is 37.3 Å². The zero-order chi connectivity index (χ0) is 27.0. The van der Waals surface area contributed by atoms with Crippen molar-refractivity contribution in [1.29, 1.82) is 0 Å². The van der Waals surface area contributed by atoms with Gasteiger partial charge in [-0.15, -0.1) is 0 Å². The van der Waals surface area contributed by atoms with Gasteiger partial charge in [0.2, 0.25) is 11.8 Å². The van der Waals surface area contributed by atoms with Gasteiger partial charge in [-0.2, -0.15) is 0 Å². The molecule has 1 aromatic rings. The average molecular weight is 637 g/mol. The summed E-state index contributed by atoms with van der Waals surface area (Å²) in [4.78, 5) is 28.9. The SMILES string of the molecule is CC1(C)[C@H]2CC[C@@H](CN(C(=O)C3CCC3)[C@@H]3CC(C(=O)NCCO)=C[C@H](Oc4ccccc4I)[C@H]3O)[C@@H]1C2. The highest BCUT2D eigenvalue weighted by molar-refractivity contribution is 14.1. The van der Waals surface area contributed by atoms with Crippen LogP contribution < -0.4 is 10.1 Å². The van der Waals surface area contributed by atoms with Crippen LogP contribution in [0.2, 0.25) is 0 Å². The van der Waals surface area contributed by atoms with Crippen molar-refractivity contribution in [1.82, 2.24) is 10.2 Å². The number of aliphatic hydroxyl groups excluding tert-OH is 2. The van der Waals surface area contributed by atoms with Crippen molar-refractivity contribution in [3.05, 3.63) is 39.5 Å². The fraction of sp³-hybridized carbons (Fsp3) is 0.667. The fourth-order valence-corrected chi connectivity index (χ4v) is 7.69. The Morgan fingerprint density at radius 1 is 1.18 bits per heavy atom. The maximum absolute atomic E-state index is 13.9. The topological polar surface area (TPSA) is 99.1 Å². The second kappa shape index (κ2) is 11.5. The summed E-state index contributed by atoms with van der Waals surface area (Å²) in [6.45, 7) is 5.35. The minimum atomic E-state index is -0.963. The Bertz CT molecular complexity index is 1070. The molecule has 4 saturated carbocycles. The molecule has 2 bridgehead atoms. The lowest BCUT2D eigenvalue weighted by Gasteiger charge is -2.61. The summed E-state index contributed by atoms with van der Waals surface area (Å²) in [5.41, 5.74) is 0.785. The van der Waals surface area contributed by atoms with E-state index >= 15 is 0 Å². The Kier molecular flexibility index (Phi) is 8.41. The molecule has 0 heterocycles. The number of hydrogen-bond acceptors (Lipinski definition) is 5. The number of aliphatic hydroxyl groups is 2. The fourth-order valence-electron chi connectivity index (χ4n) is 7.18. The highest BCUT2D eigenvalue weighted by Crippen LogP contribution is 2.61. The number of para-hydroxylation sites is 1. The van der Waals surface area contributed by atoms with E-state index in [1.165, 1.54) is 12.8 Å². The van der Waals surface area contributed by atoms with Gasteiger partial charge in [0.1, 0.15) is 18.0 Å². The maximum atomic E-state index is 13.9. The van der Waals surface area contributed by atoms with Gasteiger partial charge in [0, 0.05) is 31.0 Å². The van der Waals surface area contributed by atoms with Crippen molar-refractivity contribution >= 4 is 34.4 Å². The first kappa shape index (κ1) is 27.9. The van der Waals surface area contributed by atoms with E-state index in [1.807, 2.05) is 29.2 Å². The van der Waals surface area contributed by atoms with Gasteiger partial charge in [-0.3, -0.25) is 9.59 Å². The predicted octanol–water partition coefficient (Wildman–Crippen LogP) is 3.91. The highest BCUT2D eigenvalue weighted by Gasteiger charge is 2.55. The van der Waals surface area contributed by atoms with E-state index in [0.29, 0.717) is 35.1 Å². The molecular formula is C30H41IN2O5. The van der Waals surface area contributed by atoms with Crippen LogP contribution in [0, 0.1) is 32.7 Å². The standard InChI is InChI=1S/C30H41IN2O5/c1-30(2)21-11-10-19(22(30)16-21)17-33(29(37)18-6-5-7-18)24-14-20(28(36)32-12-13-34)15-26(27(24)35)38-25-9-4-3-8-23(25)31/h3-4,8-9,15,18-19,21-22,24,26-27,34-35H,5-7,10-14,16-17H2,1-2H3,(H,32,36)/t19-,21-,22-,24+,26-,27-/m0/s1. The molecule has 8 heteroatoms. The zero-order valence-electron chi connectivity index (χ0n) is 22.4. The van der Waals surface area contributed by atoms with Crippen molar-refractivity contribution < 1.29 is 24.5 Å². The summed E-state index contributed by atoms with van der Waals surface area (Å²) in [6, 6.07) is 7.05. The molecule has 0 spiro atoms. The quantitative estimate of drug-likeness (QED) is 0.358. The van der Waals surface area contributed by atoms with Crippen LogP contribution in [-0.4, -0.2) is 64.9 Å². The first-order valence-corrected chi connectivity index (χ1v) is 15.3. The lowest BCUT2D eigenvalue weighted by molar-refractivity contribution is -0.154. The lowest BCUT2D eigenvalue weighted by atomic mass is 9.45. The molecule has 38 heavy (non-hydrogen) atoms. The Morgan fingerprint density at radius 3 is 2.58 bits per heavy atom. The number of ether oxygens (including phenoxy) is 1. The number of amides is 2. The predicted molar refractivity (Wildman–Crippen MR) is 153 cm³/mol. The number of carbonyl (C=O) groups is 2. The molecule has 208 valence electrons. The second-order valence-electron chi connectivity index (χ2n) is 12.3. The van der Waals surface area contributed by atoms with E-state index in [9.17, 15) is 19.8 Å². The van der Waals surface area contributed by atoms with Gasteiger partial charge in [-0.05, 0) is 96.1 Å². The third kappa shape index (κ3) is 5.37. The monoisotopic (exact) mass is 636 g/mol. The third-order valence-corrected chi connectivity index (χ3v) is 10.8.